The summed E-state index contributed by atoms with van der Waals surface area (Å²) in [6, 6.07) is 9.95. The molecule has 1 saturated heterocycles. The van der Waals surface area contributed by atoms with Crippen molar-refractivity contribution in [1.82, 2.24) is 15.2 Å². The number of ether oxygens (including phenoxy) is 1. The van der Waals surface area contributed by atoms with Crippen LogP contribution in [0.15, 0.2) is 30.3 Å². The third kappa shape index (κ3) is 2.69. The van der Waals surface area contributed by atoms with Gasteiger partial charge in [-0.3, -0.25) is 4.79 Å². The van der Waals surface area contributed by atoms with Crippen LogP contribution in [0.5, 0.6) is 5.88 Å². The van der Waals surface area contributed by atoms with E-state index in [9.17, 15) is 4.79 Å². The first-order chi connectivity index (χ1) is 10.2. The standard InChI is InChI=1S/C16H19N3O2/c1-11-10-19(8-7-17-11)16(20)14-9-12-5-3-4-6-13(12)15(18-14)21-2/h3-6,9,11,17H,7-8,10H2,1-2H3/t11-/m1/s1. The van der Waals surface area contributed by atoms with Crippen LogP contribution in [0.3, 0.4) is 0 Å². The van der Waals surface area contributed by atoms with E-state index in [1.807, 2.05) is 35.2 Å². The van der Waals surface area contributed by atoms with Crippen molar-refractivity contribution in [3.8, 4) is 5.88 Å². The second kappa shape index (κ2) is 5.69. The Labute approximate surface area is 123 Å². The number of nitrogens with zero attached hydrogens (tertiary/aromatic N) is 2. The van der Waals surface area contributed by atoms with Gasteiger partial charge in [-0.1, -0.05) is 18.2 Å². The topological polar surface area (TPSA) is 54.5 Å². The van der Waals surface area contributed by atoms with Gasteiger partial charge in [0.15, 0.2) is 0 Å². The Balaban J connectivity index is 1.98. The number of benzene rings is 1. The summed E-state index contributed by atoms with van der Waals surface area (Å²) >= 11 is 0. The van der Waals surface area contributed by atoms with Gasteiger partial charge in [0.2, 0.25) is 5.88 Å². The highest BCUT2D eigenvalue weighted by atomic mass is 16.5. The van der Waals surface area contributed by atoms with Crippen LogP contribution in [0.2, 0.25) is 0 Å². The van der Waals surface area contributed by atoms with Crippen molar-refractivity contribution in [3.05, 3.63) is 36.0 Å². The second-order valence-electron chi connectivity index (χ2n) is 5.34. The van der Waals surface area contributed by atoms with Gasteiger partial charge < -0.3 is 15.0 Å². The fourth-order valence-electron chi connectivity index (χ4n) is 2.71. The lowest BCUT2D eigenvalue weighted by Gasteiger charge is -2.31. The van der Waals surface area contributed by atoms with E-state index in [0.29, 0.717) is 30.7 Å². The normalized spacial score (nSPS) is 18.8. The molecule has 1 amide bonds. The van der Waals surface area contributed by atoms with Crippen LogP contribution in [0, 0.1) is 0 Å². The highest BCUT2D eigenvalue weighted by Gasteiger charge is 2.23. The minimum Gasteiger partial charge on any atom is -0.481 e. The summed E-state index contributed by atoms with van der Waals surface area (Å²) in [6.07, 6.45) is 0. The van der Waals surface area contributed by atoms with E-state index < -0.39 is 0 Å². The van der Waals surface area contributed by atoms with Gasteiger partial charge in [0.25, 0.3) is 5.91 Å². The highest BCUT2D eigenvalue weighted by molar-refractivity contribution is 5.98. The molecule has 3 rings (SSSR count). The van der Waals surface area contributed by atoms with Crippen LogP contribution >= 0.6 is 0 Å². The number of piperazine rings is 1. The Bertz CT molecular complexity index is 672. The number of hydrogen-bond donors (Lipinski definition) is 1. The van der Waals surface area contributed by atoms with Gasteiger partial charge in [-0.05, 0) is 24.4 Å². The smallest absolute Gasteiger partial charge is 0.272 e. The lowest BCUT2D eigenvalue weighted by atomic mass is 10.1. The van der Waals surface area contributed by atoms with Crippen LogP contribution in [0.25, 0.3) is 10.8 Å². The van der Waals surface area contributed by atoms with E-state index in [-0.39, 0.29) is 5.91 Å². The van der Waals surface area contributed by atoms with Crippen LogP contribution < -0.4 is 10.1 Å². The van der Waals surface area contributed by atoms with Crippen LogP contribution in [0.1, 0.15) is 17.4 Å². The number of aromatic nitrogens is 1. The third-order valence-corrected chi connectivity index (χ3v) is 3.77. The van der Waals surface area contributed by atoms with Gasteiger partial charge in [-0.15, -0.1) is 0 Å². The largest absolute Gasteiger partial charge is 0.481 e. The fourth-order valence-corrected chi connectivity index (χ4v) is 2.71. The maximum absolute atomic E-state index is 12.6. The Kier molecular flexibility index (Phi) is 3.75. The SMILES string of the molecule is COc1nc(C(=O)N2CCN[C@H](C)C2)cc2ccccc12. The van der Waals surface area contributed by atoms with E-state index in [0.717, 1.165) is 17.3 Å². The van der Waals surface area contributed by atoms with E-state index in [4.69, 9.17) is 4.74 Å². The number of nitrogens with one attached hydrogen (secondary N) is 1. The molecule has 1 aliphatic rings. The van der Waals surface area contributed by atoms with Crippen LogP contribution in [0.4, 0.5) is 0 Å². The average molecular weight is 285 g/mol. The summed E-state index contributed by atoms with van der Waals surface area (Å²) < 4.78 is 5.33. The Morgan fingerprint density at radius 1 is 1.43 bits per heavy atom. The quantitative estimate of drug-likeness (QED) is 0.912. The van der Waals surface area contributed by atoms with Crippen molar-refractivity contribution < 1.29 is 9.53 Å². The lowest BCUT2D eigenvalue weighted by molar-refractivity contribution is 0.0702. The number of amides is 1. The molecular formula is C16H19N3O2. The average Bonchev–Trinajstić information content (AvgIpc) is 2.53. The van der Waals surface area contributed by atoms with Gasteiger partial charge in [0.05, 0.1) is 7.11 Å². The molecule has 110 valence electrons. The summed E-state index contributed by atoms with van der Waals surface area (Å²) in [4.78, 5) is 18.9. The monoisotopic (exact) mass is 285 g/mol. The first-order valence-electron chi connectivity index (χ1n) is 7.15. The molecule has 1 aliphatic heterocycles. The van der Waals surface area contributed by atoms with Crippen molar-refractivity contribution in [2.24, 2.45) is 0 Å². The summed E-state index contributed by atoms with van der Waals surface area (Å²) in [6.45, 7) is 4.31. The molecule has 2 heterocycles. The maximum Gasteiger partial charge on any atom is 0.272 e. The Hall–Kier alpha value is -2.14. The van der Waals surface area contributed by atoms with Crippen molar-refractivity contribution >= 4 is 16.7 Å². The van der Waals surface area contributed by atoms with Gasteiger partial charge in [-0.2, -0.15) is 0 Å². The lowest BCUT2D eigenvalue weighted by Crippen LogP contribution is -2.51. The zero-order valence-electron chi connectivity index (χ0n) is 12.3. The van der Waals surface area contributed by atoms with Crippen molar-refractivity contribution in [3.63, 3.8) is 0 Å². The number of carbonyl (C=O) groups is 1. The highest BCUT2D eigenvalue weighted by Crippen LogP contribution is 2.24. The van der Waals surface area contributed by atoms with E-state index in [1.165, 1.54) is 0 Å². The summed E-state index contributed by atoms with van der Waals surface area (Å²) in [7, 11) is 1.58. The molecule has 1 fully saturated rings. The number of rotatable bonds is 2. The summed E-state index contributed by atoms with van der Waals surface area (Å²) in [5.41, 5.74) is 0.444. The number of fused-ring (bicyclic) bond motifs is 1. The Morgan fingerprint density at radius 3 is 3.00 bits per heavy atom. The Morgan fingerprint density at radius 2 is 2.24 bits per heavy atom. The molecule has 0 saturated carbocycles. The molecule has 0 radical (unpaired) electrons. The van der Waals surface area contributed by atoms with E-state index in [1.54, 1.807) is 7.11 Å². The number of methoxy groups -OCH3 is 1. The summed E-state index contributed by atoms with van der Waals surface area (Å²) in [5, 5.41) is 5.22. The molecule has 5 heteroatoms. The zero-order chi connectivity index (χ0) is 14.8. The van der Waals surface area contributed by atoms with Crippen molar-refractivity contribution in [2.45, 2.75) is 13.0 Å². The van der Waals surface area contributed by atoms with Crippen molar-refractivity contribution in [2.75, 3.05) is 26.7 Å². The first kappa shape index (κ1) is 13.8. The number of pyridine rings is 1. The minimum absolute atomic E-state index is 0.0348. The molecule has 1 aromatic carbocycles. The molecule has 1 atom stereocenters. The molecule has 0 bridgehead atoms. The van der Waals surface area contributed by atoms with Gasteiger partial charge in [0, 0.05) is 31.1 Å². The van der Waals surface area contributed by atoms with E-state index >= 15 is 0 Å². The van der Waals surface area contributed by atoms with Gasteiger partial charge in [-0.25, -0.2) is 4.98 Å². The zero-order valence-corrected chi connectivity index (χ0v) is 12.3. The molecular weight excluding hydrogens is 266 g/mol. The predicted molar refractivity (Wildman–Crippen MR) is 81.7 cm³/mol. The predicted octanol–water partition coefficient (Wildman–Crippen LogP) is 1.68. The molecule has 2 aromatic rings. The minimum atomic E-state index is -0.0348. The van der Waals surface area contributed by atoms with Crippen LogP contribution in [-0.2, 0) is 0 Å². The fraction of sp³-hybridized carbons (Fsp3) is 0.375. The molecule has 21 heavy (non-hydrogen) atoms. The van der Waals surface area contributed by atoms with Crippen LogP contribution in [-0.4, -0.2) is 48.6 Å². The molecule has 1 N–H and O–H groups in total. The molecule has 0 unspecified atom stereocenters. The van der Waals surface area contributed by atoms with Gasteiger partial charge >= 0.3 is 0 Å². The first-order valence-corrected chi connectivity index (χ1v) is 7.15. The summed E-state index contributed by atoms with van der Waals surface area (Å²) in [5.74, 6) is 0.465. The van der Waals surface area contributed by atoms with E-state index in [2.05, 4.69) is 17.2 Å². The number of carbonyl (C=O) groups excluding carboxylic acids is 1. The van der Waals surface area contributed by atoms with Gasteiger partial charge in [0.1, 0.15) is 5.69 Å². The third-order valence-electron chi connectivity index (χ3n) is 3.77. The second-order valence-corrected chi connectivity index (χ2v) is 5.34. The van der Waals surface area contributed by atoms with Crippen molar-refractivity contribution in [1.29, 1.82) is 0 Å². The molecule has 1 aromatic heterocycles. The number of hydrogen-bond acceptors (Lipinski definition) is 4. The maximum atomic E-state index is 12.6. The molecule has 0 spiro atoms. The molecule has 0 aliphatic carbocycles. The molecule has 5 nitrogen and oxygen atoms in total.